The summed E-state index contributed by atoms with van der Waals surface area (Å²) in [5, 5.41) is 11.4. The van der Waals surface area contributed by atoms with E-state index in [1.807, 2.05) is 0 Å². The molecule has 0 aliphatic rings. The number of carbonyl (C=O) groups excluding carboxylic acids is 1. The van der Waals surface area contributed by atoms with Crippen LogP contribution in [-0.4, -0.2) is 33.0 Å². The highest BCUT2D eigenvalue weighted by Crippen LogP contribution is 2.05. The van der Waals surface area contributed by atoms with E-state index in [-0.39, 0.29) is 16.8 Å². The number of carbonyl (C=O) groups is 2. The van der Waals surface area contributed by atoms with Crippen molar-refractivity contribution in [2.24, 2.45) is 5.92 Å². The maximum Gasteiger partial charge on any atom is 0.326 e. The van der Waals surface area contributed by atoms with Crippen LogP contribution >= 0.6 is 11.6 Å². The van der Waals surface area contributed by atoms with Crippen molar-refractivity contribution in [3.63, 3.8) is 0 Å². The van der Waals surface area contributed by atoms with Crippen LogP contribution in [-0.2, 0) is 4.79 Å². The normalized spacial score (nSPS) is 12.2. The minimum atomic E-state index is -1.09. The number of amides is 1. The summed E-state index contributed by atoms with van der Waals surface area (Å²) in [5.41, 5.74) is -0.00981. The Balaban J connectivity index is 2.81. The molecule has 0 aliphatic carbocycles. The summed E-state index contributed by atoms with van der Waals surface area (Å²) in [6.07, 6.45) is 2.51. The molecule has 17 heavy (non-hydrogen) atoms. The van der Waals surface area contributed by atoms with Crippen molar-refractivity contribution in [1.82, 2.24) is 15.3 Å². The first-order chi connectivity index (χ1) is 7.91. The molecule has 0 saturated heterocycles. The van der Waals surface area contributed by atoms with E-state index in [1.54, 1.807) is 13.8 Å². The second kappa shape index (κ2) is 5.58. The Kier molecular flexibility index (Phi) is 4.39. The van der Waals surface area contributed by atoms with Crippen LogP contribution in [0, 0.1) is 5.92 Å². The van der Waals surface area contributed by atoms with Gasteiger partial charge in [-0.1, -0.05) is 25.4 Å². The third-order valence-corrected chi connectivity index (χ3v) is 2.24. The van der Waals surface area contributed by atoms with Gasteiger partial charge in [0.25, 0.3) is 5.91 Å². The van der Waals surface area contributed by atoms with Gasteiger partial charge in [0.2, 0.25) is 0 Å². The largest absolute Gasteiger partial charge is 0.480 e. The van der Waals surface area contributed by atoms with Gasteiger partial charge in [0.1, 0.15) is 16.9 Å². The lowest BCUT2D eigenvalue weighted by Gasteiger charge is -2.17. The highest BCUT2D eigenvalue weighted by Gasteiger charge is 2.24. The van der Waals surface area contributed by atoms with Gasteiger partial charge in [0.15, 0.2) is 0 Å². The van der Waals surface area contributed by atoms with Crippen molar-refractivity contribution >= 4 is 23.5 Å². The smallest absolute Gasteiger partial charge is 0.326 e. The molecule has 1 aromatic heterocycles. The van der Waals surface area contributed by atoms with Crippen LogP contribution in [0.5, 0.6) is 0 Å². The number of carboxylic acids is 1. The number of aliphatic carboxylic acids is 1. The van der Waals surface area contributed by atoms with E-state index in [4.69, 9.17) is 16.7 Å². The van der Waals surface area contributed by atoms with Gasteiger partial charge in [-0.15, -0.1) is 0 Å². The molecular weight excluding hydrogens is 246 g/mol. The summed E-state index contributed by atoms with van der Waals surface area (Å²) < 4.78 is 0. The SMILES string of the molecule is CC(C)[C@H](NC(=O)c1cncc(Cl)n1)C(=O)O. The average molecular weight is 258 g/mol. The monoisotopic (exact) mass is 257 g/mol. The molecule has 0 radical (unpaired) electrons. The molecule has 6 nitrogen and oxygen atoms in total. The molecule has 7 heteroatoms. The highest BCUT2D eigenvalue weighted by molar-refractivity contribution is 6.29. The van der Waals surface area contributed by atoms with Crippen LogP contribution in [0.4, 0.5) is 0 Å². The van der Waals surface area contributed by atoms with Crippen molar-refractivity contribution in [1.29, 1.82) is 0 Å². The molecule has 92 valence electrons. The minimum absolute atomic E-state index is 0.00981. The second-order valence-electron chi connectivity index (χ2n) is 3.76. The van der Waals surface area contributed by atoms with Gasteiger partial charge >= 0.3 is 5.97 Å². The van der Waals surface area contributed by atoms with Crippen molar-refractivity contribution in [3.8, 4) is 0 Å². The molecule has 1 heterocycles. The lowest BCUT2D eigenvalue weighted by Crippen LogP contribution is -2.44. The first-order valence-electron chi connectivity index (χ1n) is 4.93. The molecule has 0 aliphatic heterocycles. The van der Waals surface area contributed by atoms with Crippen LogP contribution in [0.3, 0.4) is 0 Å². The molecule has 0 aromatic carbocycles. The molecule has 1 aromatic rings. The van der Waals surface area contributed by atoms with E-state index in [0.717, 1.165) is 0 Å². The summed E-state index contributed by atoms with van der Waals surface area (Å²) >= 11 is 5.58. The van der Waals surface area contributed by atoms with E-state index in [0.29, 0.717) is 0 Å². The quantitative estimate of drug-likeness (QED) is 0.838. The van der Waals surface area contributed by atoms with Gasteiger partial charge in [-0.2, -0.15) is 0 Å². The van der Waals surface area contributed by atoms with E-state index in [1.165, 1.54) is 12.4 Å². The van der Waals surface area contributed by atoms with E-state index in [2.05, 4.69) is 15.3 Å². The first kappa shape index (κ1) is 13.4. The summed E-state index contributed by atoms with van der Waals surface area (Å²) in [6, 6.07) is -0.969. The third kappa shape index (κ3) is 3.67. The lowest BCUT2D eigenvalue weighted by molar-refractivity contribution is -0.140. The van der Waals surface area contributed by atoms with Gasteiger partial charge in [-0.05, 0) is 5.92 Å². The lowest BCUT2D eigenvalue weighted by atomic mass is 10.0. The zero-order chi connectivity index (χ0) is 13.0. The van der Waals surface area contributed by atoms with Crippen LogP contribution in [0.25, 0.3) is 0 Å². The maximum absolute atomic E-state index is 11.7. The van der Waals surface area contributed by atoms with E-state index < -0.39 is 17.9 Å². The van der Waals surface area contributed by atoms with Gasteiger partial charge in [-0.3, -0.25) is 9.78 Å². The molecule has 0 bridgehead atoms. The number of carboxylic acid groups (broad SMARTS) is 1. The van der Waals surface area contributed by atoms with Crippen LogP contribution in [0.2, 0.25) is 5.15 Å². The molecule has 0 unspecified atom stereocenters. The predicted molar refractivity (Wildman–Crippen MR) is 60.8 cm³/mol. The molecule has 0 saturated carbocycles. The van der Waals surface area contributed by atoms with Crippen LogP contribution in [0.15, 0.2) is 12.4 Å². The Bertz CT molecular complexity index is 437. The summed E-state index contributed by atoms with van der Waals surface area (Å²) in [6.45, 7) is 3.39. The zero-order valence-corrected chi connectivity index (χ0v) is 10.1. The summed E-state index contributed by atoms with van der Waals surface area (Å²) in [4.78, 5) is 30.0. The van der Waals surface area contributed by atoms with Crippen LogP contribution in [0.1, 0.15) is 24.3 Å². The fraction of sp³-hybridized carbons (Fsp3) is 0.400. The first-order valence-corrected chi connectivity index (χ1v) is 5.31. The maximum atomic E-state index is 11.7. The number of halogens is 1. The van der Waals surface area contributed by atoms with Gasteiger partial charge < -0.3 is 10.4 Å². The number of hydrogen-bond acceptors (Lipinski definition) is 4. The minimum Gasteiger partial charge on any atom is -0.480 e. The van der Waals surface area contributed by atoms with Gasteiger partial charge in [0.05, 0.1) is 12.4 Å². The number of nitrogens with one attached hydrogen (secondary N) is 1. The zero-order valence-electron chi connectivity index (χ0n) is 9.35. The summed E-state index contributed by atoms with van der Waals surface area (Å²) in [7, 11) is 0. The number of rotatable bonds is 4. The van der Waals surface area contributed by atoms with Crippen molar-refractivity contribution in [2.75, 3.05) is 0 Å². The van der Waals surface area contributed by atoms with E-state index in [9.17, 15) is 9.59 Å². The Morgan fingerprint density at radius 3 is 2.53 bits per heavy atom. The molecule has 1 rings (SSSR count). The fourth-order valence-electron chi connectivity index (χ4n) is 1.18. The molecular formula is C10H12ClN3O3. The molecule has 0 fully saturated rings. The van der Waals surface area contributed by atoms with Gasteiger partial charge in [-0.25, -0.2) is 9.78 Å². The molecule has 2 N–H and O–H groups in total. The predicted octanol–water partition coefficient (Wildman–Crippen LogP) is 0.969. The third-order valence-electron chi connectivity index (χ3n) is 2.06. The van der Waals surface area contributed by atoms with Crippen molar-refractivity contribution < 1.29 is 14.7 Å². The Hall–Kier alpha value is -1.69. The topological polar surface area (TPSA) is 92.2 Å². The second-order valence-corrected chi connectivity index (χ2v) is 4.15. The van der Waals surface area contributed by atoms with Crippen molar-refractivity contribution in [3.05, 3.63) is 23.2 Å². The highest BCUT2D eigenvalue weighted by atomic mass is 35.5. The standard InChI is InChI=1S/C10H12ClN3O3/c1-5(2)8(10(16)17)14-9(15)6-3-12-4-7(11)13-6/h3-5,8H,1-2H3,(H,14,15)(H,16,17)/t8-/m0/s1. The number of hydrogen-bond donors (Lipinski definition) is 2. The Labute approximate surface area is 103 Å². The van der Waals surface area contributed by atoms with Crippen LogP contribution < -0.4 is 5.32 Å². The molecule has 1 atom stereocenters. The van der Waals surface area contributed by atoms with Gasteiger partial charge in [0, 0.05) is 0 Å². The molecule has 1 amide bonds. The summed E-state index contributed by atoms with van der Waals surface area (Å²) in [5.74, 6) is -1.94. The fourth-order valence-corrected chi connectivity index (χ4v) is 1.33. The number of nitrogens with zero attached hydrogens (tertiary/aromatic N) is 2. The molecule has 0 spiro atoms. The Morgan fingerprint density at radius 2 is 2.06 bits per heavy atom. The van der Waals surface area contributed by atoms with E-state index >= 15 is 0 Å². The average Bonchev–Trinajstić information content (AvgIpc) is 2.24. The number of aromatic nitrogens is 2. The van der Waals surface area contributed by atoms with Crippen molar-refractivity contribution in [2.45, 2.75) is 19.9 Å². The Morgan fingerprint density at radius 1 is 1.41 bits per heavy atom.